The molecule has 6 nitrogen and oxygen atoms in total. The number of anilines is 1. The van der Waals surface area contributed by atoms with Crippen LogP contribution in [0.2, 0.25) is 5.02 Å². The van der Waals surface area contributed by atoms with Crippen LogP contribution in [0.25, 0.3) is 11.8 Å². The zero-order valence-corrected chi connectivity index (χ0v) is 19.0. The maximum atomic E-state index is 13.1. The van der Waals surface area contributed by atoms with E-state index in [1.807, 2.05) is 67.8 Å². The molecular weight excluding hydrogens is 426 g/mol. The number of rotatable bonds is 4. The third-order valence-electron chi connectivity index (χ3n) is 5.44. The third-order valence-corrected chi connectivity index (χ3v) is 5.76. The van der Waals surface area contributed by atoms with Crippen LogP contribution in [-0.2, 0) is 9.53 Å². The van der Waals surface area contributed by atoms with Gasteiger partial charge in [-0.1, -0.05) is 29.8 Å². The summed E-state index contributed by atoms with van der Waals surface area (Å²) in [6.07, 6.45) is 1.85. The Bertz CT molecular complexity index is 1290. The predicted octanol–water partition coefficient (Wildman–Crippen LogP) is 5.34. The number of hydrazone groups is 1. The molecule has 3 aromatic rings. The molecule has 0 saturated carbocycles. The largest absolute Gasteiger partial charge is 0.465 e. The molecule has 1 amide bonds. The first-order valence-corrected chi connectivity index (χ1v) is 10.4. The number of esters is 1. The fourth-order valence-electron chi connectivity index (χ4n) is 3.82. The van der Waals surface area contributed by atoms with Gasteiger partial charge in [0.05, 0.1) is 40.4 Å². The van der Waals surface area contributed by atoms with Crippen molar-refractivity contribution in [3.8, 4) is 5.69 Å². The number of halogens is 1. The van der Waals surface area contributed by atoms with Crippen molar-refractivity contribution in [3.05, 3.63) is 87.7 Å². The molecule has 2 heterocycles. The average molecular weight is 448 g/mol. The second-order valence-electron chi connectivity index (χ2n) is 7.52. The number of nitrogens with zero attached hydrogens (tertiary/aromatic N) is 3. The summed E-state index contributed by atoms with van der Waals surface area (Å²) in [6, 6.07) is 16.3. The van der Waals surface area contributed by atoms with Gasteiger partial charge in [-0.05, 0) is 68.8 Å². The van der Waals surface area contributed by atoms with E-state index in [9.17, 15) is 9.59 Å². The number of methoxy groups -OCH3 is 1. The monoisotopic (exact) mass is 447 g/mol. The van der Waals surface area contributed by atoms with E-state index in [4.69, 9.17) is 16.3 Å². The molecule has 1 aromatic heterocycles. The highest BCUT2D eigenvalue weighted by Gasteiger charge is 2.29. The van der Waals surface area contributed by atoms with E-state index in [-0.39, 0.29) is 5.91 Å². The first-order valence-electron chi connectivity index (χ1n) is 10.1. The van der Waals surface area contributed by atoms with Crippen molar-refractivity contribution < 1.29 is 14.3 Å². The Labute approximate surface area is 191 Å². The molecule has 32 heavy (non-hydrogen) atoms. The summed E-state index contributed by atoms with van der Waals surface area (Å²) >= 11 is 6.47. The Hall–Kier alpha value is -3.64. The Morgan fingerprint density at radius 1 is 1.06 bits per heavy atom. The summed E-state index contributed by atoms with van der Waals surface area (Å²) in [7, 11) is 1.34. The van der Waals surface area contributed by atoms with Crippen LogP contribution in [-0.4, -0.2) is 29.3 Å². The van der Waals surface area contributed by atoms with Gasteiger partial charge < -0.3 is 9.30 Å². The number of aromatic nitrogens is 1. The van der Waals surface area contributed by atoms with Gasteiger partial charge in [-0.2, -0.15) is 10.1 Å². The number of hydrogen-bond donors (Lipinski definition) is 0. The molecule has 4 rings (SSSR count). The molecule has 0 saturated heterocycles. The smallest absolute Gasteiger partial charge is 0.337 e. The molecule has 2 aromatic carbocycles. The molecule has 162 valence electrons. The van der Waals surface area contributed by atoms with Crippen molar-refractivity contribution in [1.82, 2.24) is 4.57 Å². The SMILES string of the molecule is COC(=O)c1ccc(Cl)c(-n2c(C)cc(/C=C3/C(=O)N(c4ccccc4)N=C3C)c2C)c1. The number of amides is 1. The van der Waals surface area contributed by atoms with Crippen molar-refractivity contribution in [2.75, 3.05) is 12.1 Å². The molecule has 0 unspecified atom stereocenters. The van der Waals surface area contributed by atoms with Crippen LogP contribution in [0.4, 0.5) is 5.69 Å². The Morgan fingerprint density at radius 3 is 2.47 bits per heavy atom. The molecule has 0 fully saturated rings. The molecule has 0 atom stereocenters. The highest BCUT2D eigenvalue weighted by molar-refractivity contribution is 6.33. The summed E-state index contributed by atoms with van der Waals surface area (Å²) in [5.74, 6) is -0.610. The number of para-hydroxylation sites is 1. The predicted molar refractivity (Wildman–Crippen MR) is 127 cm³/mol. The van der Waals surface area contributed by atoms with Crippen LogP contribution < -0.4 is 5.01 Å². The normalized spacial score (nSPS) is 14.8. The van der Waals surface area contributed by atoms with E-state index in [0.717, 1.165) is 22.6 Å². The van der Waals surface area contributed by atoms with Crippen LogP contribution in [0.1, 0.15) is 34.2 Å². The van der Waals surface area contributed by atoms with E-state index in [1.165, 1.54) is 12.1 Å². The topological polar surface area (TPSA) is 63.9 Å². The summed E-state index contributed by atoms with van der Waals surface area (Å²) in [5.41, 5.74) is 5.65. The zero-order valence-electron chi connectivity index (χ0n) is 18.2. The van der Waals surface area contributed by atoms with Crippen LogP contribution in [0.15, 0.2) is 65.3 Å². The van der Waals surface area contributed by atoms with Crippen molar-refractivity contribution >= 4 is 41.0 Å². The van der Waals surface area contributed by atoms with Gasteiger partial charge >= 0.3 is 5.97 Å². The average Bonchev–Trinajstić information content (AvgIpc) is 3.23. The summed E-state index contributed by atoms with van der Waals surface area (Å²) in [4.78, 5) is 25.1. The standard InChI is InChI=1S/C25H22ClN3O3/c1-15-12-19(13-21-16(2)27-29(24(21)30)20-8-6-5-7-9-20)17(3)28(15)23-14-18(25(31)32-4)10-11-22(23)26/h5-14H,1-4H3/b21-13+. The molecule has 0 N–H and O–H groups in total. The maximum Gasteiger partial charge on any atom is 0.337 e. The summed E-state index contributed by atoms with van der Waals surface area (Å²) in [5, 5.41) is 6.36. The van der Waals surface area contributed by atoms with Crippen molar-refractivity contribution in [2.24, 2.45) is 5.10 Å². The first kappa shape index (κ1) is 21.6. The van der Waals surface area contributed by atoms with Gasteiger partial charge in [0.25, 0.3) is 5.91 Å². The third kappa shape index (κ3) is 3.74. The fourth-order valence-corrected chi connectivity index (χ4v) is 4.02. The second-order valence-corrected chi connectivity index (χ2v) is 7.92. The second kappa shape index (κ2) is 8.48. The van der Waals surface area contributed by atoms with E-state index >= 15 is 0 Å². The number of carbonyl (C=O) groups excluding carboxylic acids is 2. The summed E-state index contributed by atoms with van der Waals surface area (Å²) < 4.78 is 6.80. The Morgan fingerprint density at radius 2 is 1.78 bits per heavy atom. The molecule has 1 aliphatic rings. The highest BCUT2D eigenvalue weighted by Crippen LogP contribution is 2.30. The fraction of sp³-hybridized carbons (Fsp3) is 0.160. The number of benzene rings is 2. The highest BCUT2D eigenvalue weighted by atomic mass is 35.5. The van der Waals surface area contributed by atoms with Crippen LogP contribution >= 0.6 is 11.6 Å². The van der Waals surface area contributed by atoms with Gasteiger partial charge in [-0.15, -0.1) is 0 Å². The minimum Gasteiger partial charge on any atom is -0.465 e. The molecule has 0 bridgehead atoms. The van der Waals surface area contributed by atoms with Crippen LogP contribution in [0.5, 0.6) is 0 Å². The van der Waals surface area contributed by atoms with E-state index in [0.29, 0.717) is 27.6 Å². The van der Waals surface area contributed by atoms with Gasteiger partial charge in [-0.25, -0.2) is 4.79 Å². The lowest BCUT2D eigenvalue weighted by Crippen LogP contribution is -2.21. The molecule has 0 radical (unpaired) electrons. The lowest BCUT2D eigenvalue weighted by molar-refractivity contribution is -0.114. The van der Waals surface area contributed by atoms with E-state index < -0.39 is 5.97 Å². The Balaban J connectivity index is 1.75. The number of hydrogen-bond acceptors (Lipinski definition) is 4. The van der Waals surface area contributed by atoms with E-state index in [1.54, 1.807) is 18.2 Å². The van der Waals surface area contributed by atoms with Gasteiger partial charge in [0.2, 0.25) is 0 Å². The molecule has 1 aliphatic heterocycles. The van der Waals surface area contributed by atoms with Gasteiger partial charge in [0.1, 0.15) is 0 Å². The molecular formula is C25H22ClN3O3. The van der Waals surface area contributed by atoms with Gasteiger partial charge in [-0.3, -0.25) is 4.79 Å². The first-order chi connectivity index (χ1) is 15.3. The van der Waals surface area contributed by atoms with Crippen molar-refractivity contribution in [3.63, 3.8) is 0 Å². The number of carbonyl (C=O) groups is 2. The quantitative estimate of drug-likeness (QED) is 0.400. The lowest BCUT2D eigenvalue weighted by Gasteiger charge is -2.13. The minimum atomic E-state index is -0.433. The molecule has 7 heteroatoms. The van der Waals surface area contributed by atoms with Crippen molar-refractivity contribution in [1.29, 1.82) is 0 Å². The minimum absolute atomic E-state index is 0.177. The number of aryl methyl sites for hydroxylation is 1. The van der Waals surface area contributed by atoms with Gasteiger partial charge in [0, 0.05) is 11.4 Å². The van der Waals surface area contributed by atoms with Gasteiger partial charge in [0.15, 0.2) is 0 Å². The lowest BCUT2D eigenvalue weighted by atomic mass is 10.1. The van der Waals surface area contributed by atoms with Crippen LogP contribution in [0.3, 0.4) is 0 Å². The molecule has 0 spiro atoms. The van der Waals surface area contributed by atoms with Crippen LogP contribution in [0, 0.1) is 13.8 Å². The Kier molecular flexibility index (Phi) is 5.72. The maximum absolute atomic E-state index is 13.1. The zero-order chi connectivity index (χ0) is 23.0. The van der Waals surface area contributed by atoms with Crippen molar-refractivity contribution in [2.45, 2.75) is 20.8 Å². The molecule has 0 aliphatic carbocycles. The number of ether oxygens (including phenoxy) is 1. The van der Waals surface area contributed by atoms with E-state index in [2.05, 4.69) is 5.10 Å². The summed E-state index contributed by atoms with van der Waals surface area (Å²) in [6.45, 7) is 5.72.